The minimum atomic E-state index is -0.850. The molecule has 1 fully saturated rings. The first-order valence-corrected chi connectivity index (χ1v) is 8.88. The Hall–Kier alpha value is -1.07. The zero-order valence-corrected chi connectivity index (χ0v) is 13.7. The summed E-state index contributed by atoms with van der Waals surface area (Å²) >= 11 is 0. The van der Waals surface area contributed by atoms with Crippen LogP contribution in [0.15, 0.2) is 18.2 Å². The van der Waals surface area contributed by atoms with Crippen molar-refractivity contribution in [3.05, 3.63) is 23.8 Å². The predicted molar refractivity (Wildman–Crippen MR) is 86.4 cm³/mol. The maximum Gasteiger partial charge on any atom is 0.161 e. The molecule has 2 rings (SSSR count). The lowest BCUT2D eigenvalue weighted by atomic mass is 10.0. The number of ether oxygens (including phenoxy) is 2. The molecule has 0 radical (unpaired) electrons. The molecule has 1 saturated carbocycles. The van der Waals surface area contributed by atoms with E-state index in [1.165, 1.54) is 19.3 Å². The zero-order valence-electron chi connectivity index (χ0n) is 12.8. The molecule has 0 bridgehead atoms. The fraction of sp³-hybridized carbons (Fsp3) is 0.625. The summed E-state index contributed by atoms with van der Waals surface area (Å²) in [6.45, 7) is 0. The number of nitrogens with two attached hydrogens (primary N) is 1. The van der Waals surface area contributed by atoms with E-state index in [0.29, 0.717) is 22.5 Å². The van der Waals surface area contributed by atoms with Gasteiger partial charge in [-0.3, -0.25) is 4.21 Å². The summed E-state index contributed by atoms with van der Waals surface area (Å²) in [7, 11) is 2.36. The minimum Gasteiger partial charge on any atom is -0.493 e. The van der Waals surface area contributed by atoms with E-state index >= 15 is 0 Å². The molecule has 0 aliphatic heterocycles. The van der Waals surface area contributed by atoms with Gasteiger partial charge in [-0.2, -0.15) is 0 Å². The van der Waals surface area contributed by atoms with Gasteiger partial charge in [-0.1, -0.05) is 25.3 Å². The Balaban J connectivity index is 2.02. The lowest BCUT2D eigenvalue weighted by Gasteiger charge is -2.23. The quantitative estimate of drug-likeness (QED) is 0.877. The van der Waals surface area contributed by atoms with Gasteiger partial charge < -0.3 is 15.2 Å². The zero-order chi connectivity index (χ0) is 15.2. The Morgan fingerprint density at radius 3 is 2.48 bits per heavy atom. The predicted octanol–water partition coefficient (Wildman–Crippen LogP) is 2.79. The molecule has 1 aromatic carbocycles. The van der Waals surface area contributed by atoms with Crippen LogP contribution in [0.5, 0.6) is 11.5 Å². The van der Waals surface area contributed by atoms with Crippen LogP contribution >= 0.6 is 0 Å². The van der Waals surface area contributed by atoms with Gasteiger partial charge in [0.2, 0.25) is 0 Å². The topological polar surface area (TPSA) is 61.5 Å². The van der Waals surface area contributed by atoms with Crippen molar-refractivity contribution in [2.24, 2.45) is 5.73 Å². The van der Waals surface area contributed by atoms with Crippen molar-refractivity contribution in [1.82, 2.24) is 0 Å². The largest absolute Gasteiger partial charge is 0.493 e. The third kappa shape index (κ3) is 4.20. The van der Waals surface area contributed by atoms with Crippen molar-refractivity contribution in [2.75, 3.05) is 20.0 Å². The standard InChI is InChI=1S/C16H25NO3S/c1-19-15-9-8-12(10-16(15)20-2)14(17)11-21(18)13-6-4-3-5-7-13/h8-10,13-14H,3-7,11,17H2,1-2H3. The summed E-state index contributed by atoms with van der Waals surface area (Å²) in [5.74, 6) is 1.86. The second-order valence-corrected chi connectivity index (χ2v) is 7.29. The fourth-order valence-corrected chi connectivity index (χ4v) is 4.50. The van der Waals surface area contributed by atoms with Gasteiger partial charge in [-0.05, 0) is 30.5 Å². The normalized spacial score (nSPS) is 19.0. The second-order valence-electron chi connectivity index (χ2n) is 5.53. The molecule has 0 saturated heterocycles. The summed E-state index contributed by atoms with van der Waals surface area (Å²) in [5.41, 5.74) is 7.17. The van der Waals surface area contributed by atoms with Crippen LogP contribution in [-0.2, 0) is 10.8 Å². The highest BCUT2D eigenvalue weighted by Gasteiger charge is 2.22. The molecule has 1 aromatic rings. The average molecular weight is 311 g/mol. The van der Waals surface area contributed by atoms with Crippen LogP contribution in [0.25, 0.3) is 0 Å². The maximum absolute atomic E-state index is 12.4. The van der Waals surface area contributed by atoms with Crippen LogP contribution in [0.1, 0.15) is 43.7 Å². The van der Waals surface area contributed by atoms with E-state index in [2.05, 4.69) is 0 Å². The summed E-state index contributed by atoms with van der Waals surface area (Å²) in [5, 5.41) is 0.324. The van der Waals surface area contributed by atoms with Crippen LogP contribution in [0, 0.1) is 0 Å². The number of benzene rings is 1. The Bertz CT molecular complexity index is 486. The van der Waals surface area contributed by atoms with Crippen molar-refractivity contribution in [3.63, 3.8) is 0 Å². The van der Waals surface area contributed by atoms with Gasteiger partial charge in [0.25, 0.3) is 0 Å². The number of hydrogen-bond acceptors (Lipinski definition) is 4. The third-order valence-corrected chi connectivity index (χ3v) is 6.01. The smallest absolute Gasteiger partial charge is 0.161 e. The van der Waals surface area contributed by atoms with Crippen LogP contribution in [0.4, 0.5) is 0 Å². The van der Waals surface area contributed by atoms with E-state index in [0.717, 1.165) is 18.4 Å². The van der Waals surface area contributed by atoms with Gasteiger partial charge in [-0.15, -0.1) is 0 Å². The van der Waals surface area contributed by atoms with E-state index in [4.69, 9.17) is 15.2 Å². The number of rotatable bonds is 6. The van der Waals surface area contributed by atoms with E-state index in [1.807, 2.05) is 18.2 Å². The monoisotopic (exact) mass is 311 g/mol. The van der Waals surface area contributed by atoms with E-state index in [1.54, 1.807) is 14.2 Å². The summed E-state index contributed by atoms with van der Waals surface area (Å²) in [4.78, 5) is 0. The van der Waals surface area contributed by atoms with Crippen molar-refractivity contribution < 1.29 is 13.7 Å². The van der Waals surface area contributed by atoms with E-state index in [9.17, 15) is 4.21 Å². The Morgan fingerprint density at radius 2 is 1.86 bits per heavy atom. The van der Waals surface area contributed by atoms with Crippen molar-refractivity contribution >= 4 is 10.8 Å². The first-order valence-electron chi connectivity index (χ1n) is 7.50. The Kier molecular flexibility index (Phi) is 6.06. The van der Waals surface area contributed by atoms with Crippen LogP contribution < -0.4 is 15.2 Å². The highest BCUT2D eigenvalue weighted by molar-refractivity contribution is 7.85. The van der Waals surface area contributed by atoms with Gasteiger partial charge in [0.1, 0.15) is 0 Å². The molecule has 2 atom stereocenters. The maximum atomic E-state index is 12.4. The second kappa shape index (κ2) is 7.80. The molecule has 1 aliphatic carbocycles. The molecule has 2 unspecified atom stereocenters. The Morgan fingerprint density at radius 1 is 1.19 bits per heavy atom. The molecule has 21 heavy (non-hydrogen) atoms. The molecular formula is C16H25NO3S. The molecule has 0 aromatic heterocycles. The van der Waals surface area contributed by atoms with Crippen molar-refractivity contribution in [3.8, 4) is 11.5 Å². The molecule has 0 heterocycles. The van der Waals surface area contributed by atoms with Crippen LogP contribution in [-0.4, -0.2) is 29.4 Å². The van der Waals surface area contributed by atoms with Gasteiger partial charge >= 0.3 is 0 Å². The number of methoxy groups -OCH3 is 2. The third-order valence-electron chi connectivity index (χ3n) is 4.10. The molecule has 5 heteroatoms. The van der Waals surface area contributed by atoms with Crippen LogP contribution in [0.3, 0.4) is 0 Å². The van der Waals surface area contributed by atoms with Gasteiger partial charge in [-0.25, -0.2) is 0 Å². The first kappa shape index (κ1) is 16.3. The number of hydrogen-bond donors (Lipinski definition) is 1. The molecule has 1 aliphatic rings. The Labute approximate surface area is 129 Å². The highest BCUT2D eigenvalue weighted by atomic mass is 32.2. The van der Waals surface area contributed by atoms with E-state index < -0.39 is 10.8 Å². The van der Waals surface area contributed by atoms with Crippen molar-refractivity contribution in [1.29, 1.82) is 0 Å². The van der Waals surface area contributed by atoms with Crippen molar-refractivity contribution in [2.45, 2.75) is 43.4 Å². The summed E-state index contributed by atoms with van der Waals surface area (Å²) < 4.78 is 22.9. The molecule has 4 nitrogen and oxygen atoms in total. The molecule has 2 N–H and O–H groups in total. The lowest BCUT2D eigenvalue weighted by Crippen LogP contribution is -2.26. The fourth-order valence-electron chi connectivity index (χ4n) is 2.82. The molecular weight excluding hydrogens is 286 g/mol. The van der Waals surface area contributed by atoms with Gasteiger partial charge in [0, 0.05) is 27.8 Å². The highest BCUT2D eigenvalue weighted by Crippen LogP contribution is 2.30. The minimum absolute atomic E-state index is 0.229. The molecule has 0 spiro atoms. The average Bonchev–Trinajstić information content (AvgIpc) is 2.54. The summed E-state index contributed by atoms with van der Waals surface area (Å²) in [6, 6.07) is 5.41. The van der Waals surface area contributed by atoms with Gasteiger partial charge in [0.15, 0.2) is 11.5 Å². The van der Waals surface area contributed by atoms with E-state index in [-0.39, 0.29) is 6.04 Å². The lowest BCUT2D eigenvalue weighted by molar-refractivity contribution is 0.354. The molecule has 0 amide bonds. The van der Waals surface area contributed by atoms with Crippen LogP contribution in [0.2, 0.25) is 0 Å². The first-order chi connectivity index (χ1) is 10.2. The summed E-state index contributed by atoms with van der Waals surface area (Å²) in [6.07, 6.45) is 5.82. The van der Waals surface area contributed by atoms with Gasteiger partial charge in [0.05, 0.1) is 14.2 Å². The SMILES string of the molecule is COc1ccc(C(N)CS(=O)C2CCCCC2)cc1OC. The molecule has 118 valence electrons.